The number of carbonyl (C=O) groups is 1. The lowest BCUT2D eigenvalue weighted by Gasteiger charge is -2.36. The minimum atomic E-state index is -0.297. The molecule has 0 spiro atoms. The molecule has 0 aromatic heterocycles. The number of hydrogen-bond acceptors (Lipinski definition) is 5. The third kappa shape index (κ3) is 6.77. The lowest BCUT2D eigenvalue weighted by Crippen LogP contribution is -2.46. The van der Waals surface area contributed by atoms with E-state index in [1.165, 1.54) is 6.07 Å². The van der Waals surface area contributed by atoms with Crippen LogP contribution in [0.3, 0.4) is 0 Å². The van der Waals surface area contributed by atoms with Crippen molar-refractivity contribution in [2.45, 2.75) is 13.5 Å². The third-order valence-electron chi connectivity index (χ3n) is 5.85. The SMILES string of the molecule is CCOc1cccc(C(=O)NC(=S)Nc2ccc(N3CCN(Cc4ccccc4F)CC3)cc2)c1. The Balaban J connectivity index is 1.26. The summed E-state index contributed by atoms with van der Waals surface area (Å²) in [5.41, 5.74) is 3.12. The summed E-state index contributed by atoms with van der Waals surface area (Å²) < 4.78 is 19.4. The summed E-state index contributed by atoms with van der Waals surface area (Å²) in [6, 6.07) is 21.9. The van der Waals surface area contributed by atoms with Gasteiger partial charge in [0.05, 0.1) is 6.61 Å². The van der Waals surface area contributed by atoms with Crippen LogP contribution in [0.25, 0.3) is 0 Å². The third-order valence-corrected chi connectivity index (χ3v) is 6.05. The molecule has 1 amide bonds. The number of rotatable bonds is 7. The van der Waals surface area contributed by atoms with Crippen molar-refractivity contribution in [2.24, 2.45) is 0 Å². The number of piperazine rings is 1. The first kappa shape index (κ1) is 24.6. The van der Waals surface area contributed by atoms with Crippen LogP contribution in [0.1, 0.15) is 22.8 Å². The average Bonchev–Trinajstić information content (AvgIpc) is 2.87. The Morgan fingerprint density at radius 3 is 2.46 bits per heavy atom. The van der Waals surface area contributed by atoms with Gasteiger partial charge in [0.2, 0.25) is 0 Å². The van der Waals surface area contributed by atoms with Crippen LogP contribution in [0.2, 0.25) is 0 Å². The van der Waals surface area contributed by atoms with Gasteiger partial charge in [0.25, 0.3) is 5.91 Å². The van der Waals surface area contributed by atoms with Crippen LogP contribution in [0.4, 0.5) is 15.8 Å². The van der Waals surface area contributed by atoms with E-state index >= 15 is 0 Å². The second kappa shape index (κ2) is 11.8. The van der Waals surface area contributed by atoms with Crippen LogP contribution < -0.4 is 20.3 Å². The minimum absolute atomic E-state index is 0.147. The average molecular weight is 493 g/mol. The van der Waals surface area contributed by atoms with Gasteiger partial charge in [-0.2, -0.15) is 0 Å². The molecule has 3 aromatic rings. The van der Waals surface area contributed by atoms with Crippen LogP contribution in [0.5, 0.6) is 5.75 Å². The van der Waals surface area contributed by atoms with Gasteiger partial charge in [-0.25, -0.2) is 4.39 Å². The van der Waals surface area contributed by atoms with E-state index in [2.05, 4.69) is 20.4 Å². The molecule has 1 saturated heterocycles. The van der Waals surface area contributed by atoms with Gasteiger partial charge < -0.3 is 15.0 Å². The zero-order valence-electron chi connectivity index (χ0n) is 19.7. The van der Waals surface area contributed by atoms with Gasteiger partial charge in [0, 0.05) is 55.2 Å². The number of carbonyl (C=O) groups excluding carboxylic acids is 1. The maximum atomic E-state index is 13.9. The molecule has 3 aromatic carbocycles. The molecule has 0 aliphatic carbocycles. The predicted octanol–water partition coefficient (Wildman–Crippen LogP) is 4.67. The molecule has 1 aliphatic rings. The van der Waals surface area contributed by atoms with Crippen molar-refractivity contribution in [3.05, 3.63) is 89.7 Å². The molecule has 2 N–H and O–H groups in total. The normalized spacial score (nSPS) is 13.8. The molecule has 0 bridgehead atoms. The molecule has 8 heteroatoms. The van der Waals surface area contributed by atoms with E-state index in [1.54, 1.807) is 30.3 Å². The van der Waals surface area contributed by atoms with Gasteiger partial charge in [0.1, 0.15) is 11.6 Å². The number of nitrogens with zero attached hydrogens (tertiary/aromatic N) is 2. The molecule has 182 valence electrons. The van der Waals surface area contributed by atoms with E-state index in [0.717, 1.165) is 43.1 Å². The highest BCUT2D eigenvalue weighted by atomic mass is 32.1. The molecule has 4 rings (SSSR count). The minimum Gasteiger partial charge on any atom is -0.494 e. The number of nitrogens with one attached hydrogen (secondary N) is 2. The van der Waals surface area contributed by atoms with Crippen LogP contribution in [0.15, 0.2) is 72.8 Å². The number of ether oxygens (including phenoxy) is 1. The summed E-state index contributed by atoms with van der Waals surface area (Å²) in [6.07, 6.45) is 0. The molecule has 1 aliphatic heterocycles. The second-order valence-electron chi connectivity index (χ2n) is 8.27. The predicted molar refractivity (Wildman–Crippen MR) is 142 cm³/mol. The van der Waals surface area contributed by atoms with Gasteiger partial charge in [-0.15, -0.1) is 0 Å². The Labute approximate surface area is 210 Å². The van der Waals surface area contributed by atoms with E-state index in [-0.39, 0.29) is 16.8 Å². The van der Waals surface area contributed by atoms with Crippen molar-refractivity contribution in [2.75, 3.05) is 43.0 Å². The number of benzene rings is 3. The summed E-state index contributed by atoms with van der Waals surface area (Å²) in [7, 11) is 0. The lowest BCUT2D eigenvalue weighted by atomic mass is 10.1. The molecule has 6 nitrogen and oxygen atoms in total. The quantitative estimate of drug-likeness (QED) is 0.468. The number of anilines is 2. The summed E-state index contributed by atoms with van der Waals surface area (Å²) in [5.74, 6) is 0.197. The van der Waals surface area contributed by atoms with Crippen LogP contribution in [-0.4, -0.2) is 48.7 Å². The van der Waals surface area contributed by atoms with Gasteiger partial charge >= 0.3 is 0 Å². The zero-order valence-corrected chi connectivity index (χ0v) is 20.5. The molecular formula is C27H29FN4O2S. The summed E-state index contributed by atoms with van der Waals surface area (Å²) in [6.45, 7) is 6.54. The van der Waals surface area contributed by atoms with E-state index in [0.29, 0.717) is 24.5 Å². The number of halogens is 1. The Hall–Kier alpha value is -3.49. The Morgan fingerprint density at radius 2 is 1.74 bits per heavy atom. The summed E-state index contributed by atoms with van der Waals surface area (Å²) >= 11 is 5.31. The van der Waals surface area contributed by atoms with Crippen molar-refractivity contribution in [1.29, 1.82) is 0 Å². The fourth-order valence-corrected chi connectivity index (χ4v) is 4.23. The highest BCUT2D eigenvalue weighted by Crippen LogP contribution is 2.21. The molecule has 0 atom stereocenters. The van der Waals surface area contributed by atoms with Gasteiger partial charge in [0.15, 0.2) is 5.11 Å². The summed E-state index contributed by atoms with van der Waals surface area (Å²) in [5, 5.41) is 5.99. The molecule has 1 fully saturated rings. The molecule has 1 heterocycles. The molecule has 35 heavy (non-hydrogen) atoms. The Bertz CT molecular complexity index is 1160. The van der Waals surface area contributed by atoms with Crippen LogP contribution >= 0.6 is 12.2 Å². The van der Waals surface area contributed by atoms with Gasteiger partial charge in [-0.3, -0.25) is 15.0 Å². The molecule has 0 unspecified atom stereocenters. The fourth-order valence-electron chi connectivity index (χ4n) is 4.02. The van der Waals surface area contributed by atoms with Crippen molar-refractivity contribution in [3.8, 4) is 5.75 Å². The Kier molecular flexibility index (Phi) is 8.28. The van der Waals surface area contributed by atoms with E-state index in [4.69, 9.17) is 17.0 Å². The van der Waals surface area contributed by atoms with Crippen LogP contribution in [-0.2, 0) is 6.54 Å². The number of thiocarbonyl (C=S) groups is 1. The molecule has 0 saturated carbocycles. The number of amides is 1. The van der Waals surface area contributed by atoms with Crippen LogP contribution in [0, 0.1) is 5.82 Å². The Morgan fingerprint density at radius 1 is 1.00 bits per heavy atom. The number of hydrogen-bond donors (Lipinski definition) is 2. The molecular weight excluding hydrogens is 463 g/mol. The van der Waals surface area contributed by atoms with Crippen molar-refractivity contribution >= 4 is 34.6 Å². The van der Waals surface area contributed by atoms with E-state index < -0.39 is 0 Å². The lowest BCUT2D eigenvalue weighted by molar-refractivity contribution is 0.0977. The second-order valence-corrected chi connectivity index (χ2v) is 8.68. The van der Waals surface area contributed by atoms with Gasteiger partial charge in [-0.05, 0) is 67.7 Å². The first-order valence-corrected chi connectivity index (χ1v) is 12.1. The van der Waals surface area contributed by atoms with Gasteiger partial charge in [-0.1, -0.05) is 24.3 Å². The topological polar surface area (TPSA) is 56.8 Å². The smallest absolute Gasteiger partial charge is 0.257 e. The highest BCUT2D eigenvalue weighted by Gasteiger charge is 2.18. The maximum Gasteiger partial charge on any atom is 0.257 e. The van der Waals surface area contributed by atoms with Crippen molar-refractivity contribution in [1.82, 2.24) is 10.2 Å². The fraction of sp³-hybridized carbons (Fsp3) is 0.259. The molecule has 0 radical (unpaired) electrons. The van der Waals surface area contributed by atoms with Crippen molar-refractivity contribution < 1.29 is 13.9 Å². The first-order chi connectivity index (χ1) is 17.0. The maximum absolute atomic E-state index is 13.9. The highest BCUT2D eigenvalue weighted by molar-refractivity contribution is 7.80. The van der Waals surface area contributed by atoms with E-state index in [1.807, 2.05) is 43.3 Å². The first-order valence-electron chi connectivity index (χ1n) is 11.7. The van der Waals surface area contributed by atoms with Crippen molar-refractivity contribution in [3.63, 3.8) is 0 Å². The van der Waals surface area contributed by atoms with E-state index in [9.17, 15) is 9.18 Å². The zero-order chi connectivity index (χ0) is 24.6. The monoisotopic (exact) mass is 492 g/mol. The largest absolute Gasteiger partial charge is 0.494 e. The summed E-state index contributed by atoms with van der Waals surface area (Å²) in [4.78, 5) is 17.1. The standard InChI is InChI=1S/C27H29FN4O2S/c1-2-34-24-8-5-7-20(18-24)26(33)30-27(35)29-22-10-12-23(13-11-22)32-16-14-31(15-17-32)19-21-6-3-4-9-25(21)28/h3-13,18H,2,14-17,19H2,1H3,(H2,29,30,33,35).